The number of benzene rings is 1. The smallest absolute Gasteiger partial charge is 0.257 e. The minimum atomic E-state index is -0.126. The Bertz CT molecular complexity index is 492. The molecular formula is C17H24N2O. The van der Waals surface area contributed by atoms with Crippen molar-refractivity contribution in [2.75, 3.05) is 11.9 Å². The van der Waals surface area contributed by atoms with Gasteiger partial charge in [-0.05, 0) is 44.2 Å². The number of para-hydroxylation sites is 1. The zero-order valence-electron chi connectivity index (χ0n) is 12.3. The maximum Gasteiger partial charge on any atom is 0.257 e. The fourth-order valence-corrected chi connectivity index (χ4v) is 3.60. The van der Waals surface area contributed by atoms with Crippen molar-refractivity contribution in [2.24, 2.45) is 0 Å². The predicted octanol–water partition coefficient (Wildman–Crippen LogP) is 4.01. The zero-order chi connectivity index (χ0) is 14.0. The average molecular weight is 272 g/mol. The Balaban J connectivity index is 1.97. The van der Waals surface area contributed by atoms with E-state index in [4.69, 9.17) is 0 Å². The quantitative estimate of drug-likeness (QED) is 0.901. The molecular weight excluding hydrogens is 248 g/mol. The van der Waals surface area contributed by atoms with Gasteiger partial charge in [-0.1, -0.05) is 31.9 Å². The number of nitrogens with zero attached hydrogens (tertiary/aromatic N) is 1. The number of nitrogens with one attached hydrogen (secondary N) is 1. The lowest BCUT2D eigenvalue weighted by molar-refractivity contribution is 0.0393. The second-order valence-electron chi connectivity index (χ2n) is 6.07. The van der Waals surface area contributed by atoms with Crippen molar-refractivity contribution in [1.82, 2.24) is 4.90 Å². The Morgan fingerprint density at radius 3 is 2.70 bits per heavy atom. The molecule has 1 saturated carbocycles. The minimum absolute atomic E-state index is 0.126. The highest BCUT2D eigenvalue weighted by Crippen LogP contribution is 2.40. The van der Waals surface area contributed by atoms with Gasteiger partial charge >= 0.3 is 0 Å². The molecule has 3 rings (SSSR count). The molecule has 1 N–H and O–H groups in total. The lowest BCUT2D eigenvalue weighted by Crippen LogP contribution is -2.61. The Labute approximate surface area is 121 Å². The van der Waals surface area contributed by atoms with E-state index in [0.29, 0.717) is 0 Å². The topological polar surface area (TPSA) is 32.3 Å². The average Bonchev–Trinajstić information content (AvgIpc) is 2.48. The first-order valence-electron chi connectivity index (χ1n) is 7.96. The molecule has 1 aromatic rings. The van der Waals surface area contributed by atoms with Crippen LogP contribution >= 0.6 is 0 Å². The zero-order valence-corrected chi connectivity index (χ0v) is 12.3. The van der Waals surface area contributed by atoms with Crippen LogP contribution in [0.15, 0.2) is 24.3 Å². The fourth-order valence-electron chi connectivity index (χ4n) is 3.60. The second kappa shape index (κ2) is 5.47. The Morgan fingerprint density at radius 1 is 1.20 bits per heavy atom. The molecule has 3 heteroatoms. The summed E-state index contributed by atoms with van der Waals surface area (Å²) in [6, 6.07) is 7.95. The largest absolute Gasteiger partial charge is 0.362 e. The van der Waals surface area contributed by atoms with Gasteiger partial charge in [0, 0.05) is 12.2 Å². The molecule has 0 radical (unpaired) electrons. The van der Waals surface area contributed by atoms with Crippen molar-refractivity contribution >= 4 is 11.6 Å². The van der Waals surface area contributed by atoms with Gasteiger partial charge in [0.15, 0.2) is 0 Å². The predicted molar refractivity (Wildman–Crippen MR) is 81.8 cm³/mol. The van der Waals surface area contributed by atoms with E-state index in [9.17, 15) is 4.79 Å². The summed E-state index contributed by atoms with van der Waals surface area (Å²) in [5.74, 6) is 0.217. The van der Waals surface area contributed by atoms with E-state index in [1.807, 2.05) is 24.3 Å². The van der Waals surface area contributed by atoms with E-state index < -0.39 is 0 Å². The van der Waals surface area contributed by atoms with Gasteiger partial charge in [-0.25, -0.2) is 0 Å². The van der Waals surface area contributed by atoms with Gasteiger partial charge in [0.2, 0.25) is 0 Å². The molecule has 1 aromatic carbocycles. The number of unbranched alkanes of at least 4 members (excludes halogenated alkanes) is 1. The van der Waals surface area contributed by atoms with Crippen LogP contribution in [-0.2, 0) is 0 Å². The number of rotatable bonds is 3. The first-order chi connectivity index (χ1) is 9.77. The van der Waals surface area contributed by atoms with Crippen LogP contribution in [0.4, 0.5) is 5.69 Å². The number of fused-ring (bicyclic) bond motifs is 1. The van der Waals surface area contributed by atoms with Crippen molar-refractivity contribution in [3.05, 3.63) is 29.8 Å². The van der Waals surface area contributed by atoms with Gasteiger partial charge in [0.05, 0.1) is 5.56 Å². The minimum Gasteiger partial charge on any atom is -0.362 e. The van der Waals surface area contributed by atoms with E-state index in [1.165, 1.54) is 19.3 Å². The van der Waals surface area contributed by atoms with Crippen LogP contribution in [0.1, 0.15) is 62.2 Å². The Morgan fingerprint density at radius 2 is 1.95 bits per heavy atom. The number of anilines is 1. The molecule has 0 atom stereocenters. The van der Waals surface area contributed by atoms with Crippen molar-refractivity contribution in [1.29, 1.82) is 0 Å². The summed E-state index contributed by atoms with van der Waals surface area (Å²) in [5.41, 5.74) is 1.73. The second-order valence-corrected chi connectivity index (χ2v) is 6.07. The van der Waals surface area contributed by atoms with Gasteiger partial charge in [-0.3, -0.25) is 4.79 Å². The van der Waals surface area contributed by atoms with Gasteiger partial charge in [0.25, 0.3) is 5.91 Å². The van der Waals surface area contributed by atoms with Gasteiger partial charge in [-0.15, -0.1) is 0 Å². The van der Waals surface area contributed by atoms with E-state index >= 15 is 0 Å². The van der Waals surface area contributed by atoms with E-state index in [2.05, 4.69) is 17.1 Å². The van der Waals surface area contributed by atoms with Crippen LogP contribution in [0.3, 0.4) is 0 Å². The van der Waals surface area contributed by atoms with Gasteiger partial charge in [-0.2, -0.15) is 0 Å². The highest BCUT2D eigenvalue weighted by Gasteiger charge is 2.44. The monoisotopic (exact) mass is 272 g/mol. The lowest BCUT2D eigenvalue weighted by atomic mass is 9.84. The van der Waals surface area contributed by atoms with Crippen LogP contribution in [0, 0.1) is 0 Å². The molecule has 1 aliphatic carbocycles. The number of carbonyl (C=O) groups excluding carboxylic acids is 1. The number of amides is 1. The Kier molecular flexibility index (Phi) is 3.68. The van der Waals surface area contributed by atoms with Crippen molar-refractivity contribution in [3.63, 3.8) is 0 Å². The summed E-state index contributed by atoms with van der Waals surface area (Å²) in [4.78, 5) is 15.0. The summed E-state index contributed by atoms with van der Waals surface area (Å²) in [6.45, 7) is 3.06. The van der Waals surface area contributed by atoms with Crippen LogP contribution in [0.5, 0.6) is 0 Å². The molecule has 0 unspecified atom stereocenters. The number of carbonyl (C=O) groups is 1. The van der Waals surface area contributed by atoms with E-state index in [0.717, 1.165) is 43.5 Å². The molecule has 0 saturated heterocycles. The summed E-state index contributed by atoms with van der Waals surface area (Å²) in [6.07, 6.45) is 8.09. The van der Waals surface area contributed by atoms with E-state index in [-0.39, 0.29) is 11.6 Å². The molecule has 108 valence electrons. The molecule has 1 aliphatic heterocycles. The normalized spacial score (nSPS) is 20.6. The van der Waals surface area contributed by atoms with Gasteiger partial charge in [0.1, 0.15) is 5.66 Å². The van der Waals surface area contributed by atoms with Crippen LogP contribution in [0.2, 0.25) is 0 Å². The van der Waals surface area contributed by atoms with Crippen molar-refractivity contribution in [3.8, 4) is 0 Å². The standard InChI is InChI=1S/C17H24N2O/c1-2-3-13-19-16(20)14-9-5-6-10-15(14)18-17(19)11-7-4-8-12-17/h5-6,9-10,18H,2-4,7-8,11-13H2,1H3. The van der Waals surface area contributed by atoms with Gasteiger partial charge < -0.3 is 10.2 Å². The molecule has 0 aromatic heterocycles. The third kappa shape index (κ3) is 2.19. The van der Waals surface area contributed by atoms with Crippen molar-refractivity contribution < 1.29 is 4.79 Å². The van der Waals surface area contributed by atoms with Crippen molar-refractivity contribution in [2.45, 2.75) is 57.5 Å². The third-order valence-electron chi connectivity index (χ3n) is 4.70. The maximum atomic E-state index is 12.9. The summed E-state index contributed by atoms with van der Waals surface area (Å²) in [5, 5.41) is 3.71. The molecule has 1 amide bonds. The number of hydrogen-bond acceptors (Lipinski definition) is 2. The Hall–Kier alpha value is -1.51. The molecule has 3 nitrogen and oxygen atoms in total. The van der Waals surface area contributed by atoms with Crippen LogP contribution in [0.25, 0.3) is 0 Å². The molecule has 20 heavy (non-hydrogen) atoms. The summed E-state index contributed by atoms with van der Waals surface area (Å²) in [7, 11) is 0. The fraction of sp³-hybridized carbons (Fsp3) is 0.588. The summed E-state index contributed by atoms with van der Waals surface area (Å²) >= 11 is 0. The van der Waals surface area contributed by atoms with E-state index in [1.54, 1.807) is 0 Å². The summed E-state index contributed by atoms with van der Waals surface area (Å²) < 4.78 is 0. The maximum absolute atomic E-state index is 12.9. The molecule has 1 fully saturated rings. The first kappa shape index (κ1) is 13.5. The SMILES string of the molecule is CCCCN1C(=O)c2ccccc2NC12CCCCC2. The van der Waals surface area contributed by atoms with Crippen LogP contribution in [-0.4, -0.2) is 23.0 Å². The van der Waals surface area contributed by atoms with Crippen LogP contribution < -0.4 is 5.32 Å². The highest BCUT2D eigenvalue weighted by atomic mass is 16.2. The first-order valence-corrected chi connectivity index (χ1v) is 7.96. The lowest BCUT2D eigenvalue weighted by Gasteiger charge is -2.50. The molecule has 1 spiro atoms. The third-order valence-corrected chi connectivity index (χ3v) is 4.70. The molecule has 0 bridgehead atoms. The molecule has 1 heterocycles. The molecule has 2 aliphatic rings. The highest BCUT2D eigenvalue weighted by molar-refractivity contribution is 6.02. The number of hydrogen-bond donors (Lipinski definition) is 1.